The van der Waals surface area contributed by atoms with Gasteiger partial charge in [0.15, 0.2) is 9.84 Å². The summed E-state index contributed by atoms with van der Waals surface area (Å²) >= 11 is 31.0. The zero-order valence-corrected chi connectivity index (χ0v) is 24.6. The molecule has 1 aliphatic rings. The summed E-state index contributed by atoms with van der Waals surface area (Å²) < 4.78 is 56.4. The fourth-order valence-electron chi connectivity index (χ4n) is 4.20. The summed E-state index contributed by atoms with van der Waals surface area (Å²) in [5.41, 5.74) is 1.66. The molecule has 12 heteroatoms. The molecule has 3 aromatic carbocycles. The molecule has 2 atom stereocenters. The number of nitrogens with zero attached hydrogens (tertiary/aromatic N) is 1. The summed E-state index contributed by atoms with van der Waals surface area (Å²) in [7, 11) is -8.40. The van der Waals surface area contributed by atoms with Gasteiger partial charge in [0.1, 0.15) is 4.90 Å². The molecule has 5 nitrogen and oxygen atoms in total. The molecular weight excluding hydrogens is 620 g/mol. The number of hydrogen-bond acceptors (Lipinski definition) is 4. The average Bonchev–Trinajstić information content (AvgIpc) is 3.32. The largest absolute Gasteiger partial charge is 0.243 e. The van der Waals surface area contributed by atoms with Gasteiger partial charge in [0, 0.05) is 6.54 Å². The van der Waals surface area contributed by atoms with E-state index in [-0.39, 0.29) is 43.0 Å². The first-order valence-corrected chi connectivity index (χ1v) is 15.8. The summed E-state index contributed by atoms with van der Waals surface area (Å²) in [4.78, 5) is -0.421. The number of hydrogen-bond donors (Lipinski definition) is 0. The van der Waals surface area contributed by atoms with Crippen molar-refractivity contribution in [3.63, 3.8) is 0 Å². The molecular formula is C25H20Cl5NO4S2. The van der Waals surface area contributed by atoms with Crippen LogP contribution >= 0.6 is 58.0 Å². The number of sulfonamides is 1. The van der Waals surface area contributed by atoms with Gasteiger partial charge in [-0.3, -0.25) is 0 Å². The summed E-state index contributed by atoms with van der Waals surface area (Å²) in [5.74, 6) is 0. The lowest BCUT2D eigenvalue weighted by molar-refractivity contribution is 0.432. The lowest BCUT2D eigenvalue weighted by Gasteiger charge is -2.26. The first-order chi connectivity index (χ1) is 17.4. The third-order valence-electron chi connectivity index (χ3n) is 6.11. The Bertz CT molecular complexity index is 1550. The van der Waals surface area contributed by atoms with Crippen LogP contribution in [0, 0.1) is 6.92 Å². The highest BCUT2D eigenvalue weighted by Gasteiger charge is 2.48. The lowest BCUT2D eigenvalue weighted by atomic mass is 10.1. The predicted octanol–water partition coefficient (Wildman–Crippen LogP) is 7.58. The lowest BCUT2D eigenvalue weighted by Crippen LogP contribution is -2.41. The molecule has 196 valence electrons. The van der Waals surface area contributed by atoms with E-state index in [0.29, 0.717) is 0 Å². The highest BCUT2D eigenvalue weighted by Crippen LogP contribution is 2.48. The maximum absolute atomic E-state index is 14.0. The molecule has 0 unspecified atom stereocenters. The monoisotopic (exact) mass is 637 g/mol. The zero-order chi connectivity index (χ0) is 27.1. The van der Waals surface area contributed by atoms with E-state index in [1.54, 1.807) is 24.3 Å². The van der Waals surface area contributed by atoms with Gasteiger partial charge in [-0.2, -0.15) is 4.31 Å². The molecule has 0 amide bonds. The van der Waals surface area contributed by atoms with Crippen LogP contribution in [0.1, 0.15) is 17.5 Å². The van der Waals surface area contributed by atoms with Gasteiger partial charge in [-0.15, -0.1) is 0 Å². The van der Waals surface area contributed by atoms with E-state index >= 15 is 0 Å². The Kier molecular flexibility index (Phi) is 8.58. The summed E-state index contributed by atoms with van der Waals surface area (Å²) in [6, 6.07) is 14.4. The van der Waals surface area contributed by atoms with Gasteiger partial charge in [-0.25, -0.2) is 16.8 Å². The Hall–Kier alpha value is -1.29. The normalized spacial score (nSPS) is 19.1. The number of aryl methyl sites for hydroxylation is 1. The molecule has 1 saturated heterocycles. The van der Waals surface area contributed by atoms with E-state index in [2.05, 4.69) is 0 Å². The SMILES string of the molecule is Cc1ccc(S(=O)(=O)N2CC[C@H](S(=O)(=O)c3c(Cl)c(Cl)c(Cl)c(Cl)c3Cl)[C@H]2/C=C/c2ccccc2)cc1. The Morgan fingerprint density at radius 3 is 1.89 bits per heavy atom. The van der Waals surface area contributed by atoms with Crippen LogP contribution in [-0.2, 0) is 19.9 Å². The van der Waals surface area contributed by atoms with Crippen molar-refractivity contribution < 1.29 is 16.8 Å². The zero-order valence-electron chi connectivity index (χ0n) is 19.2. The Balaban J connectivity index is 1.86. The Morgan fingerprint density at radius 1 is 0.784 bits per heavy atom. The molecule has 0 radical (unpaired) electrons. The molecule has 0 spiro atoms. The van der Waals surface area contributed by atoms with Crippen molar-refractivity contribution >= 4 is 83.9 Å². The average molecular weight is 640 g/mol. The van der Waals surface area contributed by atoms with Crippen molar-refractivity contribution in [3.05, 3.63) is 96.9 Å². The van der Waals surface area contributed by atoms with Gasteiger partial charge < -0.3 is 0 Å². The third-order valence-corrected chi connectivity index (χ3v) is 12.8. The number of sulfone groups is 1. The predicted molar refractivity (Wildman–Crippen MR) is 151 cm³/mol. The van der Waals surface area contributed by atoms with Gasteiger partial charge in [0.25, 0.3) is 0 Å². The molecule has 0 saturated carbocycles. The standard InChI is InChI=1S/C25H20Cl5NO4S2/c1-15-7-10-17(11-8-15)37(34,35)31-14-13-19(18(31)12-9-16-5-3-2-4-6-16)36(32,33)25-23(29)21(27)20(26)22(28)24(25)30/h2-12,18-19H,13-14H2,1H3/b12-9+/t18-,19+/m1/s1. The molecule has 1 aliphatic heterocycles. The van der Waals surface area contributed by atoms with Crippen molar-refractivity contribution in [1.82, 2.24) is 4.31 Å². The fraction of sp³-hybridized carbons (Fsp3) is 0.200. The summed E-state index contributed by atoms with van der Waals surface area (Å²) in [6.07, 6.45) is 3.24. The second-order valence-corrected chi connectivity index (χ2v) is 14.3. The first-order valence-electron chi connectivity index (χ1n) is 10.9. The van der Waals surface area contributed by atoms with E-state index in [1.807, 2.05) is 37.3 Å². The molecule has 1 heterocycles. The van der Waals surface area contributed by atoms with Crippen molar-refractivity contribution in [2.24, 2.45) is 0 Å². The first kappa shape index (κ1) is 28.7. The van der Waals surface area contributed by atoms with Crippen molar-refractivity contribution in [3.8, 4) is 0 Å². The molecule has 4 rings (SSSR count). The molecule has 0 aromatic heterocycles. The Morgan fingerprint density at radius 2 is 1.32 bits per heavy atom. The minimum Gasteiger partial charge on any atom is -0.223 e. The summed E-state index contributed by atoms with van der Waals surface area (Å²) in [5, 5.41) is -2.65. The van der Waals surface area contributed by atoms with Crippen LogP contribution < -0.4 is 0 Å². The van der Waals surface area contributed by atoms with Crippen LogP contribution in [0.5, 0.6) is 0 Å². The van der Waals surface area contributed by atoms with Crippen molar-refractivity contribution in [2.75, 3.05) is 6.54 Å². The van der Waals surface area contributed by atoms with Crippen LogP contribution in [0.15, 0.2) is 70.5 Å². The molecule has 0 aliphatic carbocycles. The Labute approximate surface area is 241 Å². The van der Waals surface area contributed by atoms with Gasteiger partial charge in [0.05, 0.1) is 41.3 Å². The van der Waals surface area contributed by atoms with Gasteiger partial charge in [-0.1, -0.05) is 118 Å². The highest BCUT2D eigenvalue weighted by atomic mass is 35.5. The van der Waals surface area contributed by atoms with Crippen LogP contribution in [0.25, 0.3) is 6.08 Å². The van der Waals surface area contributed by atoms with Crippen molar-refractivity contribution in [1.29, 1.82) is 0 Å². The van der Waals surface area contributed by atoms with E-state index in [1.165, 1.54) is 16.4 Å². The molecule has 1 fully saturated rings. The number of halogens is 5. The second kappa shape index (κ2) is 11.1. The smallest absolute Gasteiger partial charge is 0.223 e. The minimum atomic E-state index is -4.35. The van der Waals surface area contributed by atoms with Crippen LogP contribution in [0.3, 0.4) is 0 Å². The maximum atomic E-state index is 14.0. The maximum Gasteiger partial charge on any atom is 0.243 e. The van der Waals surface area contributed by atoms with Gasteiger partial charge in [0.2, 0.25) is 10.0 Å². The van der Waals surface area contributed by atoms with E-state index in [0.717, 1.165) is 11.1 Å². The third kappa shape index (κ3) is 5.43. The molecule has 0 bridgehead atoms. The minimum absolute atomic E-state index is 0.0122. The molecule has 3 aromatic rings. The molecule has 37 heavy (non-hydrogen) atoms. The van der Waals surface area contributed by atoms with Crippen LogP contribution in [-0.4, -0.2) is 39.0 Å². The number of rotatable bonds is 6. The highest BCUT2D eigenvalue weighted by molar-refractivity contribution is 7.92. The van der Waals surface area contributed by atoms with Gasteiger partial charge in [-0.05, 0) is 31.0 Å². The number of benzene rings is 3. The fourth-order valence-corrected chi connectivity index (χ4v) is 9.84. The van der Waals surface area contributed by atoms with Crippen LogP contribution in [0.2, 0.25) is 25.1 Å². The quantitative estimate of drug-likeness (QED) is 0.206. The van der Waals surface area contributed by atoms with E-state index in [9.17, 15) is 16.8 Å². The van der Waals surface area contributed by atoms with Gasteiger partial charge >= 0.3 is 0 Å². The summed E-state index contributed by atoms with van der Waals surface area (Å²) in [6.45, 7) is 1.80. The van der Waals surface area contributed by atoms with Crippen LogP contribution in [0.4, 0.5) is 0 Å². The molecule has 0 N–H and O–H groups in total. The van der Waals surface area contributed by atoms with E-state index < -0.39 is 36.0 Å². The van der Waals surface area contributed by atoms with Crippen molar-refractivity contribution in [2.45, 2.75) is 34.4 Å². The topological polar surface area (TPSA) is 71.5 Å². The second-order valence-electron chi connectivity index (χ2n) is 8.46. The van der Waals surface area contributed by atoms with E-state index in [4.69, 9.17) is 58.0 Å².